The SMILES string of the molecule is C=C1/C=C\CCC2CC(=C)C(=C(NC=O)/C=C\CNC(=O)C2)C1. The van der Waals surface area contributed by atoms with E-state index in [0.717, 1.165) is 41.7 Å². The van der Waals surface area contributed by atoms with E-state index < -0.39 is 0 Å². The van der Waals surface area contributed by atoms with Crippen LogP contribution in [0.3, 0.4) is 0 Å². The molecule has 1 aliphatic heterocycles. The summed E-state index contributed by atoms with van der Waals surface area (Å²) < 4.78 is 0. The van der Waals surface area contributed by atoms with Gasteiger partial charge in [-0.25, -0.2) is 0 Å². The van der Waals surface area contributed by atoms with Crippen molar-refractivity contribution in [3.63, 3.8) is 0 Å². The fourth-order valence-corrected chi connectivity index (χ4v) is 3.01. The van der Waals surface area contributed by atoms with E-state index in [4.69, 9.17) is 0 Å². The van der Waals surface area contributed by atoms with Gasteiger partial charge in [0.2, 0.25) is 12.3 Å². The Balaban J connectivity index is 2.46. The third kappa shape index (κ3) is 5.09. The standard InChI is InChI=1S/C19H24N2O2/c1-14-6-3-4-7-16-11-15(2)17(10-14)18(21-13-22)8-5-9-20-19(23)12-16/h3,5-6,8,13,16H,1-2,4,7,9-12H2,(H,20,23)(H,21,22)/b6-3-,8-5-,18-17?. The molecule has 4 nitrogen and oxygen atoms in total. The molecule has 23 heavy (non-hydrogen) atoms. The average molecular weight is 312 g/mol. The minimum Gasteiger partial charge on any atom is -0.353 e. The lowest BCUT2D eigenvalue weighted by molar-refractivity contribution is -0.121. The summed E-state index contributed by atoms with van der Waals surface area (Å²) in [4.78, 5) is 23.0. The molecule has 2 bridgehead atoms. The van der Waals surface area contributed by atoms with Gasteiger partial charge in [-0.3, -0.25) is 9.59 Å². The monoisotopic (exact) mass is 312 g/mol. The van der Waals surface area contributed by atoms with Crippen molar-refractivity contribution >= 4 is 12.3 Å². The van der Waals surface area contributed by atoms with E-state index >= 15 is 0 Å². The highest BCUT2D eigenvalue weighted by Gasteiger charge is 2.19. The van der Waals surface area contributed by atoms with Crippen LogP contribution in [0.25, 0.3) is 0 Å². The molecule has 1 atom stereocenters. The molecule has 4 heteroatoms. The molecule has 0 saturated heterocycles. The molecule has 1 heterocycles. The number of fused-ring (bicyclic) bond motifs is 3. The van der Waals surface area contributed by atoms with Crippen molar-refractivity contribution in [3.8, 4) is 0 Å². The van der Waals surface area contributed by atoms with Gasteiger partial charge in [0, 0.05) is 18.7 Å². The van der Waals surface area contributed by atoms with Crippen molar-refractivity contribution in [1.29, 1.82) is 0 Å². The number of rotatable bonds is 2. The van der Waals surface area contributed by atoms with Gasteiger partial charge in [0.05, 0.1) is 0 Å². The zero-order chi connectivity index (χ0) is 16.7. The van der Waals surface area contributed by atoms with Crippen LogP contribution in [-0.4, -0.2) is 18.9 Å². The van der Waals surface area contributed by atoms with E-state index in [0.29, 0.717) is 25.8 Å². The van der Waals surface area contributed by atoms with Crippen LogP contribution >= 0.6 is 0 Å². The Kier molecular flexibility index (Phi) is 6.15. The van der Waals surface area contributed by atoms with Gasteiger partial charge >= 0.3 is 0 Å². The maximum absolute atomic E-state index is 12.0. The first-order chi connectivity index (χ1) is 11.1. The molecule has 0 spiro atoms. The van der Waals surface area contributed by atoms with Crippen LogP contribution in [0.5, 0.6) is 0 Å². The van der Waals surface area contributed by atoms with Gasteiger partial charge in [-0.15, -0.1) is 0 Å². The zero-order valence-electron chi connectivity index (χ0n) is 13.4. The molecular formula is C19H24N2O2. The topological polar surface area (TPSA) is 58.2 Å². The van der Waals surface area contributed by atoms with Crippen molar-refractivity contribution in [2.24, 2.45) is 5.92 Å². The number of hydrogen-bond donors (Lipinski definition) is 2. The second kappa shape index (κ2) is 8.32. The molecule has 0 aromatic heterocycles. The van der Waals surface area contributed by atoms with Crippen LogP contribution in [0.1, 0.15) is 32.1 Å². The average Bonchev–Trinajstić information content (AvgIpc) is 2.53. The predicted molar refractivity (Wildman–Crippen MR) is 92.4 cm³/mol. The molecule has 122 valence electrons. The quantitative estimate of drug-likeness (QED) is 0.770. The molecule has 1 aliphatic carbocycles. The van der Waals surface area contributed by atoms with Crippen LogP contribution < -0.4 is 10.6 Å². The van der Waals surface area contributed by atoms with Crippen LogP contribution in [0.4, 0.5) is 0 Å². The van der Waals surface area contributed by atoms with Gasteiger partial charge < -0.3 is 10.6 Å². The summed E-state index contributed by atoms with van der Waals surface area (Å²) in [5.74, 6) is 0.315. The fourth-order valence-electron chi connectivity index (χ4n) is 3.01. The van der Waals surface area contributed by atoms with Crippen LogP contribution in [0.2, 0.25) is 0 Å². The summed E-state index contributed by atoms with van der Waals surface area (Å²) in [6, 6.07) is 0. The second-order valence-electron chi connectivity index (χ2n) is 6.05. The summed E-state index contributed by atoms with van der Waals surface area (Å²) in [6.45, 7) is 8.77. The highest BCUT2D eigenvalue weighted by molar-refractivity contribution is 5.76. The lowest BCUT2D eigenvalue weighted by atomic mass is 9.85. The zero-order valence-corrected chi connectivity index (χ0v) is 13.4. The van der Waals surface area contributed by atoms with E-state index in [1.165, 1.54) is 0 Å². The van der Waals surface area contributed by atoms with Gasteiger partial charge in [0.1, 0.15) is 0 Å². The van der Waals surface area contributed by atoms with Crippen LogP contribution in [0, 0.1) is 5.92 Å². The number of carbonyl (C=O) groups excluding carboxylic acids is 2. The Bertz CT molecular complexity index is 596. The van der Waals surface area contributed by atoms with Gasteiger partial charge in [-0.05, 0) is 48.8 Å². The Labute approximate surface area is 137 Å². The summed E-state index contributed by atoms with van der Waals surface area (Å²) in [5.41, 5.74) is 3.68. The lowest BCUT2D eigenvalue weighted by Gasteiger charge is -2.21. The van der Waals surface area contributed by atoms with Gasteiger partial charge in [0.15, 0.2) is 0 Å². The smallest absolute Gasteiger partial charge is 0.220 e. The summed E-state index contributed by atoms with van der Waals surface area (Å²) in [5, 5.41) is 5.66. The number of carbonyl (C=O) groups is 2. The maximum atomic E-state index is 12.0. The van der Waals surface area contributed by atoms with E-state index in [-0.39, 0.29) is 11.8 Å². The third-order valence-corrected chi connectivity index (χ3v) is 4.18. The largest absolute Gasteiger partial charge is 0.353 e. The Morgan fingerprint density at radius 2 is 2.04 bits per heavy atom. The Hall–Kier alpha value is -2.36. The van der Waals surface area contributed by atoms with Crippen molar-refractivity contribution in [2.75, 3.05) is 6.54 Å². The van der Waals surface area contributed by atoms with Crippen molar-refractivity contribution in [3.05, 3.63) is 59.9 Å². The normalized spacial score (nSPS) is 26.1. The summed E-state index contributed by atoms with van der Waals surface area (Å²) in [7, 11) is 0. The van der Waals surface area contributed by atoms with Crippen LogP contribution in [0.15, 0.2) is 59.9 Å². The second-order valence-corrected chi connectivity index (χ2v) is 6.05. The predicted octanol–water partition coefficient (Wildman–Crippen LogP) is 2.92. The molecule has 0 aromatic carbocycles. The minimum absolute atomic E-state index is 0.0613. The van der Waals surface area contributed by atoms with E-state index in [2.05, 4.69) is 29.9 Å². The fraction of sp³-hybridized carbons (Fsp3) is 0.368. The first-order valence-corrected chi connectivity index (χ1v) is 7.99. The molecule has 0 radical (unpaired) electrons. The molecular weight excluding hydrogens is 288 g/mol. The van der Waals surface area contributed by atoms with Crippen molar-refractivity contribution in [1.82, 2.24) is 10.6 Å². The maximum Gasteiger partial charge on any atom is 0.220 e. The minimum atomic E-state index is 0.0613. The molecule has 2 amide bonds. The molecule has 0 saturated carbocycles. The first-order valence-electron chi connectivity index (χ1n) is 7.99. The van der Waals surface area contributed by atoms with E-state index in [1.807, 2.05) is 18.2 Å². The highest BCUT2D eigenvalue weighted by Crippen LogP contribution is 2.31. The molecule has 2 rings (SSSR count). The van der Waals surface area contributed by atoms with Gasteiger partial charge in [-0.2, -0.15) is 0 Å². The number of amides is 2. The third-order valence-electron chi connectivity index (χ3n) is 4.18. The summed E-state index contributed by atoms with van der Waals surface area (Å²) in [6.07, 6.45) is 12.3. The number of hydrogen-bond acceptors (Lipinski definition) is 2. The van der Waals surface area contributed by atoms with Crippen molar-refractivity contribution < 1.29 is 9.59 Å². The number of allylic oxidation sites excluding steroid dienone is 6. The molecule has 0 aromatic rings. The summed E-state index contributed by atoms with van der Waals surface area (Å²) >= 11 is 0. The van der Waals surface area contributed by atoms with Crippen LogP contribution in [-0.2, 0) is 9.59 Å². The first kappa shape index (κ1) is 17.0. The van der Waals surface area contributed by atoms with E-state index in [9.17, 15) is 9.59 Å². The van der Waals surface area contributed by atoms with E-state index in [1.54, 1.807) is 0 Å². The molecule has 2 N–H and O–H groups in total. The Morgan fingerprint density at radius 1 is 1.22 bits per heavy atom. The lowest BCUT2D eigenvalue weighted by Crippen LogP contribution is -2.25. The van der Waals surface area contributed by atoms with Crippen molar-refractivity contribution in [2.45, 2.75) is 32.1 Å². The Morgan fingerprint density at radius 3 is 2.83 bits per heavy atom. The van der Waals surface area contributed by atoms with Gasteiger partial charge in [0.25, 0.3) is 0 Å². The molecule has 0 fully saturated rings. The molecule has 2 aliphatic rings. The molecule has 1 unspecified atom stereocenters. The highest BCUT2D eigenvalue weighted by atomic mass is 16.1. The van der Waals surface area contributed by atoms with Gasteiger partial charge in [-0.1, -0.05) is 37.0 Å². The number of nitrogens with one attached hydrogen (secondary N) is 2.